The molecule has 2 aromatic rings. The summed E-state index contributed by atoms with van der Waals surface area (Å²) >= 11 is 0. The Kier molecular flexibility index (Phi) is 7.65. The number of benzene rings is 2. The van der Waals surface area contributed by atoms with E-state index in [2.05, 4.69) is 5.32 Å². The minimum absolute atomic E-state index is 0.119. The monoisotopic (exact) mass is 416 g/mol. The molecule has 0 heterocycles. The van der Waals surface area contributed by atoms with Crippen molar-refractivity contribution in [1.29, 1.82) is 0 Å². The maximum absolute atomic E-state index is 13.8. The molecule has 0 unspecified atom stereocenters. The number of phenols is 1. The lowest BCUT2D eigenvalue weighted by Gasteiger charge is -2.23. The summed E-state index contributed by atoms with van der Waals surface area (Å²) in [6.07, 6.45) is 0.543. The van der Waals surface area contributed by atoms with Crippen LogP contribution in [0.2, 0.25) is 0 Å². The summed E-state index contributed by atoms with van der Waals surface area (Å²) in [6.45, 7) is 3.04. The van der Waals surface area contributed by atoms with Gasteiger partial charge in [0.25, 0.3) is 5.91 Å². The molecule has 0 aliphatic rings. The summed E-state index contributed by atoms with van der Waals surface area (Å²) in [5, 5.41) is 20.5. The number of halogens is 1. The van der Waals surface area contributed by atoms with Gasteiger partial charge >= 0.3 is 6.09 Å². The normalized spacial score (nSPS) is 12.8. The lowest BCUT2D eigenvalue weighted by molar-refractivity contribution is -0.124. The van der Waals surface area contributed by atoms with Crippen molar-refractivity contribution in [3.05, 3.63) is 71.6 Å². The first-order valence-corrected chi connectivity index (χ1v) is 8.90. The van der Waals surface area contributed by atoms with Gasteiger partial charge in [-0.1, -0.05) is 19.1 Å². The van der Waals surface area contributed by atoms with E-state index >= 15 is 0 Å². The molecule has 0 saturated carbocycles. The Morgan fingerprint density at radius 1 is 1.13 bits per heavy atom. The highest BCUT2D eigenvalue weighted by molar-refractivity contribution is 5.95. The van der Waals surface area contributed by atoms with E-state index < -0.39 is 35.6 Å². The summed E-state index contributed by atoms with van der Waals surface area (Å²) in [5.41, 5.74) is 2.54. The number of phenolic OH excluding ortho intramolecular Hbond substituents is 1. The number of hydroxylamine groups is 1. The first kappa shape index (κ1) is 22.6. The SMILES string of the molecule is CC(=O)c1ccc(NC(=O)O[C@H](c2ccc(O)c(F)c2)[C@H](C)/C=C/C(=O)NO)cc1. The van der Waals surface area contributed by atoms with E-state index in [1.165, 1.54) is 36.7 Å². The highest BCUT2D eigenvalue weighted by Crippen LogP contribution is 2.30. The number of Topliss-reactive ketones (excluding diaryl/α,β-unsaturated/α-hetero) is 1. The Morgan fingerprint density at radius 3 is 2.37 bits per heavy atom. The van der Waals surface area contributed by atoms with Crippen LogP contribution in [0.4, 0.5) is 14.9 Å². The highest BCUT2D eigenvalue weighted by atomic mass is 19.1. The third-order valence-electron chi connectivity index (χ3n) is 4.21. The zero-order valence-electron chi connectivity index (χ0n) is 16.3. The number of anilines is 1. The second-order valence-electron chi connectivity index (χ2n) is 6.49. The maximum atomic E-state index is 13.8. The lowest BCUT2D eigenvalue weighted by Crippen LogP contribution is -2.22. The number of hydrogen-bond acceptors (Lipinski definition) is 6. The number of carbonyl (C=O) groups is 3. The largest absolute Gasteiger partial charge is 0.505 e. The lowest BCUT2D eigenvalue weighted by atomic mass is 9.96. The molecule has 8 nitrogen and oxygen atoms in total. The van der Waals surface area contributed by atoms with Gasteiger partial charge in [-0.25, -0.2) is 14.7 Å². The van der Waals surface area contributed by atoms with E-state index in [0.717, 1.165) is 18.2 Å². The molecule has 0 aliphatic heterocycles. The molecule has 0 spiro atoms. The molecular formula is C21H21FN2O6. The van der Waals surface area contributed by atoms with Gasteiger partial charge in [-0.05, 0) is 48.9 Å². The summed E-state index contributed by atoms with van der Waals surface area (Å²) < 4.78 is 19.2. The number of ketones is 1. The average molecular weight is 416 g/mol. The fourth-order valence-electron chi connectivity index (χ4n) is 2.61. The van der Waals surface area contributed by atoms with Crippen molar-refractivity contribution in [2.24, 2.45) is 5.92 Å². The number of carbonyl (C=O) groups excluding carboxylic acids is 3. The standard InChI is InChI=1S/C21H21FN2O6/c1-12(3-10-19(27)24-29)20(15-6-9-18(26)17(22)11-15)30-21(28)23-16-7-4-14(5-8-16)13(2)25/h3-12,20,26,29H,1-2H3,(H,23,28)(H,24,27)/b10-3+/t12-,20+/m1/s1. The highest BCUT2D eigenvalue weighted by Gasteiger charge is 2.23. The van der Waals surface area contributed by atoms with Gasteiger partial charge in [0.1, 0.15) is 6.10 Å². The fourth-order valence-corrected chi connectivity index (χ4v) is 2.61. The predicted octanol–water partition coefficient (Wildman–Crippen LogP) is 3.72. The number of aromatic hydroxyl groups is 1. The van der Waals surface area contributed by atoms with E-state index in [4.69, 9.17) is 9.94 Å². The van der Waals surface area contributed by atoms with Gasteiger partial charge in [-0.3, -0.25) is 20.1 Å². The minimum atomic E-state index is -1.01. The number of amides is 2. The van der Waals surface area contributed by atoms with Crippen LogP contribution in [0, 0.1) is 11.7 Å². The molecule has 4 N–H and O–H groups in total. The van der Waals surface area contributed by atoms with Gasteiger partial charge in [-0.15, -0.1) is 0 Å². The molecule has 2 amide bonds. The molecule has 0 bridgehead atoms. The van der Waals surface area contributed by atoms with Gasteiger partial charge in [0.05, 0.1) is 0 Å². The van der Waals surface area contributed by atoms with Crippen molar-refractivity contribution in [2.75, 3.05) is 5.32 Å². The van der Waals surface area contributed by atoms with Crippen molar-refractivity contribution < 1.29 is 33.8 Å². The number of hydrogen-bond donors (Lipinski definition) is 4. The third kappa shape index (κ3) is 6.14. The summed E-state index contributed by atoms with van der Waals surface area (Å²) in [5.74, 6) is -2.96. The van der Waals surface area contributed by atoms with Crippen LogP contribution in [0.5, 0.6) is 5.75 Å². The van der Waals surface area contributed by atoms with Crippen molar-refractivity contribution in [2.45, 2.75) is 20.0 Å². The van der Waals surface area contributed by atoms with Gasteiger partial charge in [0.2, 0.25) is 0 Å². The minimum Gasteiger partial charge on any atom is -0.505 e. The van der Waals surface area contributed by atoms with E-state index in [1.54, 1.807) is 19.1 Å². The second-order valence-corrected chi connectivity index (χ2v) is 6.49. The van der Waals surface area contributed by atoms with Crippen LogP contribution < -0.4 is 10.8 Å². The topological polar surface area (TPSA) is 125 Å². The molecule has 158 valence electrons. The summed E-state index contributed by atoms with van der Waals surface area (Å²) in [7, 11) is 0. The molecule has 2 aromatic carbocycles. The first-order valence-electron chi connectivity index (χ1n) is 8.90. The van der Waals surface area contributed by atoms with Gasteiger partial charge < -0.3 is 9.84 Å². The van der Waals surface area contributed by atoms with Crippen LogP contribution in [-0.2, 0) is 9.53 Å². The molecule has 2 atom stereocenters. The van der Waals surface area contributed by atoms with Crippen LogP contribution in [0.25, 0.3) is 0 Å². The van der Waals surface area contributed by atoms with Crippen LogP contribution >= 0.6 is 0 Å². The smallest absolute Gasteiger partial charge is 0.412 e. The fraction of sp³-hybridized carbons (Fsp3) is 0.190. The Balaban J connectivity index is 2.21. The van der Waals surface area contributed by atoms with Crippen molar-refractivity contribution in [1.82, 2.24) is 5.48 Å². The number of nitrogens with one attached hydrogen (secondary N) is 2. The summed E-state index contributed by atoms with van der Waals surface area (Å²) in [6, 6.07) is 9.67. The van der Waals surface area contributed by atoms with Gasteiger partial charge in [0, 0.05) is 23.2 Å². The van der Waals surface area contributed by atoms with Crippen LogP contribution in [0.3, 0.4) is 0 Å². The van der Waals surface area contributed by atoms with E-state index in [-0.39, 0.29) is 11.3 Å². The van der Waals surface area contributed by atoms with Gasteiger partial charge in [-0.2, -0.15) is 0 Å². The van der Waals surface area contributed by atoms with E-state index in [9.17, 15) is 23.9 Å². The number of rotatable bonds is 7. The Morgan fingerprint density at radius 2 is 1.80 bits per heavy atom. The molecule has 2 rings (SSSR count). The molecule has 0 aromatic heterocycles. The van der Waals surface area contributed by atoms with Crippen molar-refractivity contribution in [3.8, 4) is 5.75 Å². The molecule has 0 aliphatic carbocycles. The van der Waals surface area contributed by atoms with Crippen molar-refractivity contribution in [3.63, 3.8) is 0 Å². The molecule has 0 radical (unpaired) electrons. The Hall–Kier alpha value is -3.72. The molecule has 9 heteroatoms. The maximum Gasteiger partial charge on any atom is 0.412 e. The number of ether oxygens (including phenoxy) is 1. The average Bonchev–Trinajstić information content (AvgIpc) is 2.72. The van der Waals surface area contributed by atoms with E-state index in [1.807, 2.05) is 0 Å². The summed E-state index contributed by atoms with van der Waals surface area (Å²) in [4.78, 5) is 34.9. The third-order valence-corrected chi connectivity index (χ3v) is 4.21. The van der Waals surface area contributed by atoms with Crippen LogP contribution in [0.1, 0.15) is 35.9 Å². The molecule has 0 saturated heterocycles. The zero-order valence-corrected chi connectivity index (χ0v) is 16.3. The predicted molar refractivity (Wildman–Crippen MR) is 106 cm³/mol. The van der Waals surface area contributed by atoms with Crippen LogP contribution in [-0.4, -0.2) is 28.1 Å². The Bertz CT molecular complexity index is 958. The second kappa shape index (κ2) is 10.2. The van der Waals surface area contributed by atoms with Crippen molar-refractivity contribution >= 4 is 23.5 Å². The van der Waals surface area contributed by atoms with Crippen LogP contribution in [0.15, 0.2) is 54.6 Å². The Labute approximate surface area is 171 Å². The van der Waals surface area contributed by atoms with E-state index in [0.29, 0.717) is 11.3 Å². The molecular weight excluding hydrogens is 395 g/mol. The zero-order chi connectivity index (χ0) is 22.3. The first-order chi connectivity index (χ1) is 14.2. The molecule has 30 heavy (non-hydrogen) atoms. The van der Waals surface area contributed by atoms with Gasteiger partial charge in [0.15, 0.2) is 17.3 Å². The quantitative estimate of drug-likeness (QED) is 0.236. The molecule has 0 fully saturated rings.